The topological polar surface area (TPSA) is 75.4 Å². The highest BCUT2D eigenvalue weighted by molar-refractivity contribution is 6.05. The van der Waals surface area contributed by atoms with Gasteiger partial charge < -0.3 is 9.32 Å². The number of oxazole rings is 1. The van der Waals surface area contributed by atoms with Gasteiger partial charge in [0.05, 0.1) is 0 Å². The molecule has 0 spiro atoms. The maximum atomic E-state index is 12.7. The number of carbonyl (C=O) groups is 2. The highest BCUT2D eigenvalue weighted by Crippen LogP contribution is 2.30. The molecular formula is C17H17N3O3. The van der Waals surface area contributed by atoms with E-state index in [1.807, 2.05) is 24.3 Å². The molecule has 2 aliphatic rings. The van der Waals surface area contributed by atoms with Crippen molar-refractivity contribution in [1.82, 2.24) is 4.98 Å². The average molecular weight is 311 g/mol. The number of hydrogen-bond acceptors (Lipinski definition) is 4. The van der Waals surface area contributed by atoms with Gasteiger partial charge in [0, 0.05) is 18.2 Å². The number of fused-ring (bicyclic) bond motifs is 1. The van der Waals surface area contributed by atoms with Crippen LogP contribution in [-0.2, 0) is 11.2 Å². The van der Waals surface area contributed by atoms with Crippen LogP contribution in [0.15, 0.2) is 34.9 Å². The number of amides is 2. The Balaban J connectivity index is 1.53. The zero-order valence-electron chi connectivity index (χ0n) is 12.6. The quantitative estimate of drug-likeness (QED) is 0.945. The molecule has 1 aliphatic carbocycles. The monoisotopic (exact) mass is 311 g/mol. The minimum Gasteiger partial charge on any atom is -0.431 e. The zero-order chi connectivity index (χ0) is 15.8. The fourth-order valence-corrected chi connectivity index (χ4v) is 2.87. The first-order chi connectivity index (χ1) is 11.2. The molecule has 6 nitrogen and oxygen atoms in total. The number of nitrogens with one attached hydrogen (secondary N) is 1. The van der Waals surface area contributed by atoms with Gasteiger partial charge in [0.2, 0.25) is 5.91 Å². The third-order valence-corrected chi connectivity index (χ3v) is 4.26. The van der Waals surface area contributed by atoms with Gasteiger partial charge >= 0.3 is 6.01 Å². The summed E-state index contributed by atoms with van der Waals surface area (Å²) in [5.74, 6) is -0.225. The molecule has 2 aromatic rings. The Hall–Kier alpha value is -2.63. The van der Waals surface area contributed by atoms with Crippen molar-refractivity contribution in [1.29, 1.82) is 0 Å². The Morgan fingerprint density at radius 2 is 2.09 bits per heavy atom. The maximum Gasteiger partial charge on any atom is 0.302 e. The van der Waals surface area contributed by atoms with E-state index < -0.39 is 0 Å². The van der Waals surface area contributed by atoms with Crippen LogP contribution in [0.3, 0.4) is 0 Å². The van der Waals surface area contributed by atoms with Crippen molar-refractivity contribution >= 4 is 23.5 Å². The van der Waals surface area contributed by atoms with E-state index in [4.69, 9.17) is 4.42 Å². The summed E-state index contributed by atoms with van der Waals surface area (Å²) in [5, 5.41) is 2.61. The molecule has 4 rings (SSSR count). The Labute approximate surface area is 133 Å². The Morgan fingerprint density at radius 1 is 1.26 bits per heavy atom. The van der Waals surface area contributed by atoms with Crippen molar-refractivity contribution in [3.63, 3.8) is 0 Å². The molecule has 1 aliphatic heterocycles. The molecule has 6 heteroatoms. The molecule has 1 aromatic heterocycles. The highest BCUT2D eigenvalue weighted by atomic mass is 16.4. The molecule has 1 aromatic carbocycles. The predicted octanol–water partition coefficient (Wildman–Crippen LogP) is 2.62. The number of rotatable bonds is 3. The van der Waals surface area contributed by atoms with Crippen molar-refractivity contribution < 1.29 is 14.0 Å². The van der Waals surface area contributed by atoms with E-state index in [1.54, 1.807) is 4.90 Å². The second kappa shape index (κ2) is 5.53. The maximum absolute atomic E-state index is 12.7. The number of aromatic nitrogens is 1. The van der Waals surface area contributed by atoms with Crippen molar-refractivity contribution in [2.75, 3.05) is 16.8 Å². The molecule has 0 unspecified atom stereocenters. The first kappa shape index (κ1) is 14.0. The van der Waals surface area contributed by atoms with Gasteiger partial charge in [-0.1, -0.05) is 18.2 Å². The van der Waals surface area contributed by atoms with Gasteiger partial charge in [0.15, 0.2) is 5.69 Å². The SMILES string of the molecule is O=C(Nc1nc(C(=O)N2CCCc3ccccc32)co1)C1CC1. The molecule has 1 saturated carbocycles. The molecule has 0 radical (unpaired) electrons. The lowest BCUT2D eigenvalue weighted by Gasteiger charge is -2.28. The van der Waals surface area contributed by atoms with Crippen LogP contribution in [0.2, 0.25) is 0 Å². The van der Waals surface area contributed by atoms with Crippen molar-refractivity contribution in [3.05, 3.63) is 41.8 Å². The van der Waals surface area contributed by atoms with E-state index in [0.29, 0.717) is 6.54 Å². The van der Waals surface area contributed by atoms with Crippen LogP contribution < -0.4 is 10.2 Å². The lowest BCUT2D eigenvalue weighted by atomic mass is 10.0. The summed E-state index contributed by atoms with van der Waals surface area (Å²) in [6.45, 7) is 0.659. The second-order valence-corrected chi connectivity index (χ2v) is 5.99. The third kappa shape index (κ3) is 2.72. The summed E-state index contributed by atoms with van der Waals surface area (Å²) in [4.78, 5) is 30.3. The van der Waals surface area contributed by atoms with E-state index in [1.165, 1.54) is 6.26 Å². The Morgan fingerprint density at radius 3 is 2.91 bits per heavy atom. The summed E-state index contributed by atoms with van der Waals surface area (Å²) in [6.07, 6.45) is 5.02. The van der Waals surface area contributed by atoms with E-state index in [9.17, 15) is 9.59 Å². The molecule has 2 amide bonds. The number of hydrogen-bond donors (Lipinski definition) is 1. The van der Waals surface area contributed by atoms with Crippen molar-refractivity contribution in [3.8, 4) is 0 Å². The van der Waals surface area contributed by atoms with E-state index in [0.717, 1.165) is 36.9 Å². The second-order valence-electron chi connectivity index (χ2n) is 5.99. The van der Waals surface area contributed by atoms with Gasteiger partial charge in [-0.05, 0) is 37.3 Å². The van der Waals surface area contributed by atoms with Crippen LogP contribution in [0, 0.1) is 5.92 Å². The van der Waals surface area contributed by atoms with E-state index in [-0.39, 0.29) is 29.4 Å². The van der Waals surface area contributed by atoms with Crippen LogP contribution in [0.25, 0.3) is 0 Å². The van der Waals surface area contributed by atoms with Gasteiger partial charge in [-0.2, -0.15) is 4.98 Å². The Kier molecular flexibility index (Phi) is 3.37. The van der Waals surface area contributed by atoms with Crippen LogP contribution in [0.4, 0.5) is 11.7 Å². The molecule has 1 fully saturated rings. The molecule has 1 N–H and O–H groups in total. The normalized spacial score (nSPS) is 16.8. The molecule has 0 saturated heterocycles. The highest BCUT2D eigenvalue weighted by Gasteiger charge is 2.31. The third-order valence-electron chi connectivity index (χ3n) is 4.26. The van der Waals surface area contributed by atoms with E-state index >= 15 is 0 Å². The summed E-state index contributed by atoms with van der Waals surface area (Å²) >= 11 is 0. The molecule has 118 valence electrons. The minimum atomic E-state index is -0.201. The summed E-state index contributed by atoms with van der Waals surface area (Å²) in [5.41, 5.74) is 2.31. The minimum absolute atomic E-state index is 0.0648. The van der Waals surface area contributed by atoms with Crippen LogP contribution in [-0.4, -0.2) is 23.3 Å². The van der Waals surface area contributed by atoms with Crippen LogP contribution in [0.5, 0.6) is 0 Å². The number of nitrogens with zero attached hydrogens (tertiary/aromatic N) is 2. The molecule has 23 heavy (non-hydrogen) atoms. The first-order valence-corrected chi connectivity index (χ1v) is 7.88. The lowest BCUT2D eigenvalue weighted by Crippen LogP contribution is -2.35. The molecular weight excluding hydrogens is 294 g/mol. The Bertz CT molecular complexity index is 764. The molecule has 2 heterocycles. The smallest absolute Gasteiger partial charge is 0.302 e. The summed E-state index contributed by atoms with van der Waals surface area (Å²) < 4.78 is 5.22. The van der Waals surface area contributed by atoms with Crippen LogP contribution >= 0.6 is 0 Å². The van der Waals surface area contributed by atoms with Gasteiger partial charge in [-0.15, -0.1) is 0 Å². The summed E-state index contributed by atoms with van der Waals surface area (Å²) in [6, 6.07) is 7.99. The first-order valence-electron chi connectivity index (χ1n) is 7.88. The van der Waals surface area contributed by atoms with Gasteiger partial charge in [-0.25, -0.2) is 0 Å². The lowest BCUT2D eigenvalue weighted by molar-refractivity contribution is -0.117. The van der Waals surface area contributed by atoms with Gasteiger partial charge in [-0.3, -0.25) is 14.9 Å². The van der Waals surface area contributed by atoms with Gasteiger partial charge in [0.1, 0.15) is 6.26 Å². The predicted molar refractivity (Wildman–Crippen MR) is 84.3 cm³/mol. The fourth-order valence-electron chi connectivity index (χ4n) is 2.87. The average Bonchev–Trinajstić information content (AvgIpc) is 3.34. The summed E-state index contributed by atoms with van der Waals surface area (Å²) in [7, 11) is 0. The van der Waals surface area contributed by atoms with E-state index in [2.05, 4.69) is 10.3 Å². The zero-order valence-corrected chi connectivity index (χ0v) is 12.6. The largest absolute Gasteiger partial charge is 0.431 e. The molecule has 0 atom stereocenters. The number of para-hydroxylation sites is 1. The van der Waals surface area contributed by atoms with Crippen LogP contribution in [0.1, 0.15) is 35.3 Å². The number of aryl methyl sites for hydroxylation is 1. The molecule has 0 bridgehead atoms. The standard InChI is InChI=1S/C17H17N3O3/c21-15(12-7-8-12)19-17-18-13(10-23-17)16(22)20-9-3-5-11-4-1-2-6-14(11)20/h1-2,4,6,10,12H,3,5,7-9H2,(H,18,19,21). The fraction of sp³-hybridized carbons (Fsp3) is 0.353. The van der Waals surface area contributed by atoms with Gasteiger partial charge in [0.25, 0.3) is 5.91 Å². The number of anilines is 2. The van der Waals surface area contributed by atoms with Crippen molar-refractivity contribution in [2.24, 2.45) is 5.92 Å². The van der Waals surface area contributed by atoms with Crippen molar-refractivity contribution in [2.45, 2.75) is 25.7 Å². The number of carbonyl (C=O) groups excluding carboxylic acids is 2. The number of benzene rings is 1.